The summed E-state index contributed by atoms with van der Waals surface area (Å²) in [5, 5.41) is 0. The van der Waals surface area contributed by atoms with E-state index in [0.717, 1.165) is 4.47 Å². The summed E-state index contributed by atoms with van der Waals surface area (Å²) >= 11 is 3.32. The number of benzene rings is 1. The zero-order chi connectivity index (χ0) is 13.8. The number of carbonyl (C=O) groups excluding carboxylic acids is 2. The van der Waals surface area contributed by atoms with Crippen LogP contribution in [-0.4, -0.2) is 30.0 Å². The fraction of sp³-hybridized carbons (Fsp3) is 0.385. The molecule has 0 atom stereocenters. The molecule has 5 nitrogen and oxygen atoms in total. The van der Waals surface area contributed by atoms with E-state index in [-0.39, 0.29) is 11.8 Å². The summed E-state index contributed by atoms with van der Waals surface area (Å²) in [6.45, 7) is 0.994. The molecule has 1 aliphatic rings. The van der Waals surface area contributed by atoms with Crippen molar-refractivity contribution >= 4 is 27.9 Å². The Labute approximate surface area is 119 Å². The minimum absolute atomic E-state index is 0.132. The molecular formula is C13H15BrN2O3. The average Bonchev–Trinajstić information content (AvgIpc) is 2.41. The lowest BCUT2D eigenvalue weighted by molar-refractivity contribution is -0.123. The van der Waals surface area contributed by atoms with Gasteiger partial charge in [0.25, 0.3) is 0 Å². The molecule has 1 aromatic carbocycles. The standard InChI is InChI=1S/C13H15BrN2O3/c14-10-3-1-2-4-11(10)19-13(18)16-7-5-9(6-8-16)12(15)17/h1-4,9H,5-8H2,(H2,15,17). The lowest BCUT2D eigenvalue weighted by Gasteiger charge is -2.29. The minimum atomic E-state index is -0.394. The van der Waals surface area contributed by atoms with Crippen molar-refractivity contribution < 1.29 is 14.3 Å². The molecule has 0 bridgehead atoms. The van der Waals surface area contributed by atoms with Crippen LogP contribution in [0.1, 0.15) is 12.8 Å². The Hall–Kier alpha value is -1.56. The zero-order valence-corrected chi connectivity index (χ0v) is 11.9. The molecule has 0 aromatic heterocycles. The van der Waals surface area contributed by atoms with Crippen molar-refractivity contribution in [2.75, 3.05) is 13.1 Å². The van der Waals surface area contributed by atoms with Crippen LogP contribution >= 0.6 is 15.9 Å². The van der Waals surface area contributed by atoms with Gasteiger partial charge >= 0.3 is 6.09 Å². The van der Waals surface area contributed by atoms with Gasteiger partial charge in [-0.05, 0) is 40.9 Å². The van der Waals surface area contributed by atoms with Gasteiger partial charge in [0, 0.05) is 19.0 Å². The molecule has 2 amide bonds. The molecule has 102 valence electrons. The predicted octanol–water partition coefficient (Wildman–Crippen LogP) is 2.15. The molecule has 19 heavy (non-hydrogen) atoms. The smallest absolute Gasteiger partial charge is 0.409 e. The van der Waals surface area contributed by atoms with Crippen LogP contribution in [0.15, 0.2) is 28.7 Å². The zero-order valence-electron chi connectivity index (χ0n) is 10.3. The number of rotatable bonds is 2. The maximum Gasteiger partial charge on any atom is 0.415 e. The molecular weight excluding hydrogens is 312 g/mol. The molecule has 0 spiro atoms. The number of amides is 2. The lowest BCUT2D eigenvalue weighted by Crippen LogP contribution is -2.42. The first kappa shape index (κ1) is 13.9. The van der Waals surface area contributed by atoms with E-state index < -0.39 is 6.09 Å². The quantitative estimate of drug-likeness (QED) is 0.904. The van der Waals surface area contributed by atoms with Gasteiger partial charge in [-0.3, -0.25) is 4.79 Å². The average molecular weight is 327 g/mol. The van der Waals surface area contributed by atoms with E-state index in [1.54, 1.807) is 17.0 Å². The SMILES string of the molecule is NC(=O)C1CCN(C(=O)Oc2ccccc2Br)CC1. The van der Waals surface area contributed by atoms with E-state index in [2.05, 4.69) is 15.9 Å². The van der Waals surface area contributed by atoms with Crippen LogP contribution in [0.4, 0.5) is 4.79 Å². The number of likely N-dealkylation sites (tertiary alicyclic amines) is 1. The fourth-order valence-corrected chi connectivity index (χ4v) is 2.40. The molecule has 0 saturated carbocycles. The predicted molar refractivity (Wildman–Crippen MR) is 73.7 cm³/mol. The Morgan fingerprint density at radius 2 is 1.89 bits per heavy atom. The molecule has 6 heteroatoms. The molecule has 2 rings (SSSR count). The number of hydrogen-bond donors (Lipinski definition) is 1. The molecule has 0 aliphatic carbocycles. The maximum atomic E-state index is 12.0. The van der Waals surface area contributed by atoms with Gasteiger partial charge in [0.15, 0.2) is 0 Å². The highest BCUT2D eigenvalue weighted by molar-refractivity contribution is 9.10. The third-order valence-electron chi connectivity index (χ3n) is 3.19. The minimum Gasteiger partial charge on any atom is -0.409 e. The first-order valence-corrected chi connectivity index (χ1v) is 6.88. The van der Waals surface area contributed by atoms with E-state index in [1.165, 1.54) is 0 Å². The Kier molecular flexibility index (Phi) is 4.42. The van der Waals surface area contributed by atoms with Crippen molar-refractivity contribution in [3.8, 4) is 5.75 Å². The number of carbonyl (C=O) groups is 2. The maximum absolute atomic E-state index is 12.0. The van der Waals surface area contributed by atoms with Crippen molar-refractivity contribution in [2.24, 2.45) is 11.7 Å². The second-order valence-corrected chi connectivity index (χ2v) is 5.32. The number of hydrogen-bond acceptors (Lipinski definition) is 3. The fourth-order valence-electron chi connectivity index (χ4n) is 2.03. The van der Waals surface area contributed by atoms with E-state index in [0.29, 0.717) is 31.7 Å². The summed E-state index contributed by atoms with van der Waals surface area (Å²) in [7, 11) is 0. The molecule has 1 aromatic rings. The number of nitrogens with two attached hydrogens (primary N) is 1. The highest BCUT2D eigenvalue weighted by atomic mass is 79.9. The van der Waals surface area contributed by atoms with Crippen LogP contribution in [0.2, 0.25) is 0 Å². The summed E-state index contributed by atoms with van der Waals surface area (Å²) in [4.78, 5) is 24.6. The first-order chi connectivity index (χ1) is 9.08. The molecule has 1 heterocycles. The summed E-state index contributed by atoms with van der Waals surface area (Å²) in [6, 6.07) is 7.17. The topological polar surface area (TPSA) is 72.6 Å². The Morgan fingerprint density at radius 1 is 1.26 bits per heavy atom. The van der Waals surface area contributed by atoms with E-state index >= 15 is 0 Å². The van der Waals surface area contributed by atoms with Gasteiger partial charge in [0.1, 0.15) is 5.75 Å². The van der Waals surface area contributed by atoms with Crippen LogP contribution in [0.25, 0.3) is 0 Å². The van der Waals surface area contributed by atoms with Gasteiger partial charge < -0.3 is 15.4 Å². The summed E-state index contributed by atoms with van der Waals surface area (Å²) in [6.07, 6.45) is 0.802. The summed E-state index contributed by atoms with van der Waals surface area (Å²) in [5.41, 5.74) is 5.25. The van der Waals surface area contributed by atoms with Crippen LogP contribution in [0, 0.1) is 5.92 Å². The van der Waals surface area contributed by atoms with Crippen molar-refractivity contribution in [2.45, 2.75) is 12.8 Å². The van der Waals surface area contributed by atoms with Gasteiger partial charge in [0.2, 0.25) is 5.91 Å². The molecule has 1 aliphatic heterocycles. The lowest BCUT2D eigenvalue weighted by atomic mass is 9.97. The van der Waals surface area contributed by atoms with Gasteiger partial charge in [0.05, 0.1) is 4.47 Å². The number of primary amides is 1. The van der Waals surface area contributed by atoms with Crippen LogP contribution in [0.5, 0.6) is 5.75 Å². The summed E-state index contributed by atoms with van der Waals surface area (Å²) in [5.74, 6) is 0.0656. The molecule has 1 saturated heterocycles. The number of nitrogens with zero attached hydrogens (tertiary/aromatic N) is 1. The Bertz CT molecular complexity index is 485. The van der Waals surface area contributed by atoms with Crippen LogP contribution in [0.3, 0.4) is 0 Å². The Balaban J connectivity index is 1.92. The third-order valence-corrected chi connectivity index (χ3v) is 3.84. The molecule has 0 radical (unpaired) electrons. The number of ether oxygens (including phenoxy) is 1. The second kappa shape index (κ2) is 6.06. The van der Waals surface area contributed by atoms with Gasteiger partial charge in [-0.15, -0.1) is 0 Å². The van der Waals surface area contributed by atoms with Crippen LogP contribution in [-0.2, 0) is 4.79 Å². The Morgan fingerprint density at radius 3 is 2.47 bits per heavy atom. The summed E-state index contributed by atoms with van der Waals surface area (Å²) < 4.78 is 6.04. The number of piperidine rings is 1. The van der Waals surface area contributed by atoms with Gasteiger partial charge in [-0.2, -0.15) is 0 Å². The second-order valence-electron chi connectivity index (χ2n) is 4.46. The molecule has 1 fully saturated rings. The van der Waals surface area contributed by atoms with E-state index in [4.69, 9.17) is 10.5 Å². The highest BCUT2D eigenvalue weighted by Crippen LogP contribution is 2.25. The highest BCUT2D eigenvalue weighted by Gasteiger charge is 2.27. The number of para-hydroxylation sites is 1. The van der Waals surface area contributed by atoms with Gasteiger partial charge in [-0.1, -0.05) is 12.1 Å². The number of halogens is 1. The normalized spacial score (nSPS) is 16.2. The van der Waals surface area contributed by atoms with Crippen molar-refractivity contribution in [1.82, 2.24) is 4.90 Å². The largest absolute Gasteiger partial charge is 0.415 e. The van der Waals surface area contributed by atoms with Gasteiger partial charge in [-0.25, -0.2) is 4.79 Å². The third kappa shape index (κ3) is 3.47. The first-order valence-electron chi connectivity index (χ1n) is 6.08. The van der Waals surface area contributed by atoms with Crippen molar-refractivity contribution in [3.05, 3.63) is 28.7 Å². The van der Waals surface area contributed by atoms with E-state index in [1.807, 2.05) is 12.1 Å². The molecule has 2 N–H and O–H groups in total. The molecule has 0 unspecified atom stereocenters. The van der Waals surface area contributed by atoms with Crippen LogP contribution < -0.4 is 10.5 Å². The van der Waals surface area contributed by atoms with Crippen molar-refractivity contribution in [3.63, 3.8) is 0 Å². The van der Waals surface area contributed by atoms with E-state index in [9.17, 15) is 9.59 Å². The van der Waals surface area contributed by atoms with Crippen molar-refractivity contribution in [1.29, 1.82) is 0 Å². The monoisotopic (exact) mass is 326 g/mol.